The van der Waals surface area contributed by atoms with Gasteiger partial charge in [0.25, 0.3) is 5.88 Å². The van der Waals surface area contributed by atoms with E-state index in [1.165, 1.54) is 9.78 Å². The number of fused-ring (bicyclic) bond motifs is 2. The Morgan fingerprint density at radius 2 is 1.80 bits per heavy atom. The Balaban J connectivity index is 0.772. The standard InChI is InChI=1S/C44H47N7O6S2/c1-23(2)39(44(55)51-19-29(52)17-34(51)42(54)46-24(3)26-9-11-27(12-10-26)41-25(4)45-22-58-41)36-18-38(49-57-36)56-14-13-50-20-31-32(21-50)40(31)37-16-28-15-33(47-48-43(28)59-37)30-7-5-6-8-35(30)53/h5-12,15-16,18,22-24,29,31-32,34,39-40,52-53H,13-14,17,19-21H2,1-4H3,(H,46,54)/t24-,29+,31-,32+,34-,39+,40?/m0/s1. The molecule has 2 aliphatic heterocycles. The van der Waals surface area contributed by atoms with Gasteiger partial charge in [-0.15, -0.1) is 32.9 Å². The number of nitrogens with zero attached hydrogens (tertiary/aromatic N) is 6. The number of aliphatic hydroxyl groups excluding tert-OH is 1. The first kappa shape index (κ1) is 39.3. The number of aliphatic hydroxyl groups is 1. The number of hydrogen-bond donors (Lipinski definition) is 3. The van der Waals surface area contributed by atoms with Crippen LogP contribution in [0.15, 0.2) is 76.8 Å². The van der Waals surface area contributed by atoms with Gasteiger partial charge in [-0.05, 0) is 72.2 Å². The van der Waals surface area contributed by atoms with Crippen molar-refractivity contribution in [1.29, 1.82) is 0 Å². The lowest BCUT2D eigenvalue weighted by atomic mass is 9.91. The van der Waals surface area contributed by atoms with Crippen molar-refractivity contribution >= 4 is 44.7 Å². The minimum absolute atomic E-state index is 0.0607. The van der Waals surface area contributed by atoms with Crippen LogP contribution in [0.25, 0.3) is 31.9 Å². The second-order valence-electron chi connectivity index (χ2n) is 16.4. The predicted molar refractivity (Wildman–Crippen MR) is 225 cm³/mol. The number of rotatable bonds is 13. The van der Waals surface area contributed by atoms with Crippen molar-refractivity contribution in [2.75, 3.05) is 32.8 Å². The number of benzene rings is 2. The Morgan fingerprint density at radius 1 is 1.02 bits per heavy atom. The lowest BCUT2D eigenvalue weighted by molar-refractivity contribution is -0.141. The number of hydrogen-bond acceptors (Lipinski definition) is 13. The first-order valence-corrected chi connectivity index (χ1v) is 21.9. The van der Waals surface area contributed by atoms with Gasteiger partial charge in [-0.2, -0.15) is 0 Å². The number of amides is 2. The highest BCUT2D eigenvalue weighted by Crippen LogP contribution is 2.60. The number of β-amino-alcohol motifs (C(OH)–C–C–N with tert-alkyl or cyclic N) is 1. The molecule has 9 rings (SSSR count). The molecule has 3 aliphatic rings. The number of ether oxygens (including phenoxy) is 1. The number of aromatic nitrogens is 4. The van der Waals surface area contributed by atoms with Crippen molar-refractivity contribution in [2.45, 2.75) is 64.1 Å². The number of phenols is 1. The molecule has 3 fully saturated rings. The lowest BCUT2D eigenvalue weighted by Crippen LogP contribution is -2.48. The third-order valence-corrected chi connectivity index (χ3v) is 14.2. The Morgan fingerprint density at radius 3 is 2.53 bits per heavy atom. The molecule has 2 aromatic carbocycles. The summed E-state index contributed by atoms with van der Waals surface area (Å²) >= 11 is 3.30. The van der Waals surface area contributed by atoms with E-state index < -0.39 is 18.1 Å². The van der Waals surface area contributed by atoms with Crippen LogP contribution in [0.4, 0.5) is 0 Å². The van der Waals surface area contributed by atoms with Crippen molar-refractivity contribution in [2.24, 2.45) is 17.8 Å². The van der Waals surface area contributed by atoms with E-state index in [9.17, 15) is 19.8 Å². The molecule has 2 amide bonds. The van der Waals surface area contributed by atoms with Crippen molar-refractivity contribution in [1.82, 2.24) is 35.5 Å². The molecule has 7 atom stereocenters. The molecule has 6 aromatic rings. The van der Waals surface area contributed by atoms with Crippen LogP contribution in [-0.2, 0) is 9.59 Å². The summed E-state index contributed by atoms with van der Waals surface area (Å²) in [6.45, 7) is 11.0. The summed E-state index contributed by atoms with van der Waals surface area (Å²) in [5.74, 6) is 1.11. The fraction of sp³-hybridized carbons (Fsp3) is 0.409. The van der Waals surface area contributed by atoms with E-state index in [4.69, 9.17) is 9.26 Å². The summed E-state index contributed by atoms with van der Waals surface area (Å²) in [4.78, 5) is 39.4. The highest BCUT2D eigenvalue weighted by Gasteiger charge is 2.56. The molecular weight excluding hydrogens is 787 g/mol. The number of carbonyl (C=O) groups excluding carboxylic acids is 2. The molecule has 0 bridgehead atoms. The molecule has 3 N–H and O–H groups in total. The molecule has 59 heavy (non-hydrogen) atoms. The van der Waals surface area contributed by atoms with Gasteiger partial charge in [0.1, 0.15) is 29.1 Å². The summed E-state index contributed by atoms with van der Waals surface area (Å²) in [6.07, 6.45) is -0.660. The van der Waals surface area contributed by atoms with Gasteiger partial charge in [-0.25, -0.2) is 4.98 Å². The molecule has 306 valence electrons. The van der Waals surface area contributed by atoms with Crippen molar-refractivity contribution in [3.8, 4) is 33.3 Å². The topological polar surface area (TPSA) is 167 Å². The molecule has 1 unspecified atom stereocenters. The number of piperidine rings is 1. The fourth-order valence-electron chi connectivity index (χ4n) is 8.96. The average Bonchev–Trinajstić information content (AvgIpc) is 3.91. The second kappa shape index (κ2) is 16.1. The third-order valence-electron chi connectivity index (χ3n) is 12.1. The van der Waals surface area contributed by atoms with Crippen molar-refractivity contribution in [3.05, 3.63) is 94.1 Å². The monoisotopic (exact) mass is 833 g/mol. The van der Waals surface area contributed by atoms with Crippen LogP contribution in [0.1, 0.15) is 67.0 Å². The highest BCUT2D eigenvalue weighted by molar-refractivity contribution is 7.18. The fourth-order valence-corrected chi connectivity index (χ4v) is 11.0. The summed E-state index contributed by atoms with van der Waals surface area (Å²) in [7, 11) is 0. The van der Waals surface area contributed by atoms with Crippen molar-refractivity contribution in [3.63, 3.8) is 0 Å². The molecule has 15 heteroatoms. The van der Waals surface area contributed by atoms with Crippen LogP contribution >= 0.6 is 22.7 Å². The van der Waals surface area contributed by atoms with Gasteiger partial charge in [-0.1, -0.05) is 50.2 Å². The van der Waals surface area contributed by atoms with Gasteiger partial charge in [0.05, 0.1) is 33.9 Å². The zero-order valence-electron chi connectivity index (χ0n) is 33.3. The van der Waals surface area contributed by atoms with E-state index >= 15 is 0 Å². The molecule has 4 aromatic heterocycles. The molecule has 2 saturated heterocycles. The maximum atomic E-state index is 14.2. The Kier molecular flexibility index (Phi) is 10.7. The smallest absolute Gasteiger partial charge is 0.254 e. The van der Waals surface area contributed by atoms with Crippen LogP contribution in [0.5, 0.6) is 11.6 Å². The third kappa shape index (κ3) is 7.84. The summed E-state index contributed by atoms with van der Waals surface area (Å²) < 4.78 is 11.7. The van der Waals surface area contributed by atoms with E-state index in [2.05, 4.69) is 36.6 Å². The van der Waals surface area contributed by atoms with Gasteiger partial charge in [0, 0.05) is 60.4 Å². The highest BCUT2D eigenvalue weighted by atomic mass is 32.1. The molecule has 13 nitrogen and oxygen atoms in total. The number of aromatic hydroxyl groups is 1. The van der Waals surface area contributed by atoms with E-state index in [1.807, 2.05) is 75.7 Å². The Bertz CT molecular complexity index is 2470. The van der Waals surface area contributed by atoms with Gasteiger partial charge < -0.3 is 29.7 Å². The second-order valence-corrected chi connectivity index (χ2v) is 18.3. The molecule has 0 radical (unpaired) electrons. The number of phenolic OH excluding ortho intramolecular Hbond substituents is 1. The number of likely N-dealkylation sites (tertiary alicyclic amines) is 2. The molecular formula is C44H47N7O6S2. The Labute approximate surface area is 350 Å². The summed E-state index contributed by atoms with van der Waals surface area (Å²) in [5.41, 5.74) is 6.16. The number of nitrogens with one attached hydrogen (secondary N) is 1. The summed E-state index contributed by atoms with van der Waals surface area (Å²) in [5, 5.41) is 38.1. The molecule has 0 spiro atoms. The maximum Gasteiger partial charge on any atom is 0.254 e. The quantitative estimate of drug-likeness (QED) is 0.112. The SMILES string of the molecule is Cc1ncsc1-c1ccc([C@H](C)NC(=O)[C@@H]2C[C@@H](O)CN2C(=O)[C@@H](c2cc(OCCN3C[C@@H]4C(c5cc6cc(-c7ccccc7O)nnc6s5)[C@@H]4C3)no2)C(C)C)cc1. The lowest BCUT2D eigenvalue weighted by Gasteiger charge is -2.29. The van der Waals surface area contributed by atoms with Crippen LogP contribution in [0, 0.1) is 24.7 Å². The number of aryl methyl sites for hydroxylation is 1. The number of carbonyl (C=O) groups is 2. The summed E-state index contributed by atoms with van der Waals surface area (Å²) in [6, 6.07) is 20.0. The van der Waals surface area contributed by atoms with E-state index in [0.717, 1.165) is 51.5 Å². The average molecular weight is 834 g/mol. The normalized spacial score (nSPS) is 22.5. The Hall–Kier alpha value is -5.22. The molecule has 1 aliphatic carbocycles. The van der Waals surface area contributed by atoms with Crippen LogP contribution in [0.2, 0.25) is 0 Å². The molecule has 1 saturated carbocycles. The number of thiophene rings is 1. The maximum absolute atomic E-state index is 14.2. The first-order valence-electron chi connectivity index (χ1n) is 20.2. The predicted octanol–water partition coefficient (Wildman–Crippen LogP) is 6.79. The number of para-hydroxylation sites is 1. The van der Waals surface area contributed by atoms with Crippen LogP contribution in [-0.4, -0.2) is 97.1 Å². The van der Waals surface area contributed by atoms with Gasteiger partial charge >= 0.3 is 0 Å². The first-order chi connectivity index (χ1) is 28.5. The van der Waals surface area contributed by atoms with Crippen LogP contribution in [0.3, 0.4) is 0 Å². The van der Waals surface area contributed by atoms with Crippen LogP contribution < -0.4 is 10.1 Å². The minimum Gasteiger partial charge on any atom is -0.507 e. The largest absolute Gasteiger partial charge is 0.507 e. The zero-order chi connectivity index (χ0) is 40.9. The van der Waals surface area contributed by atoms with E-state index in [1.54, 1.807) is 40.9 Å². The minimum atomic E-state index is -0.819. The van der Waals surface area contributed by atoms with Gasteiger partial charge in [0.2, 0.25) is 11.8 Å². The van der Waals surface area contributed by atoms with E-state index in [-0.39, 0.29) is 42.5 Å². The van der Waals surface area contributed by atoms with Gasteiger partial charge in [0.15, 0.2) is 5.76 Å². The molecule has 6 heterocycles. The van der Waals surface area contributed by atoms with E-state index in [0.29, 0.717) is 47.3 Å². The number of thiazole rings is 1. The van der Waals surface area contributed by atoms with Gasteiger partial charge in [-0.3, -0.25) is 14.5 Å². The zero-order valence-corrected chi connectivity index (χ0v) is 34.9. The van der Waals surface area contributed by atoms with Crippen molar-refractivity contribution < 1.29 is 29.1 Å².